The number of amides is 1. The zero-order chi connectivity index (χ0) is 18.5. The molecule has 0 aliphatic carbocycles. The van der Waals surface area contributed by atoms with Gasteiger partial charge < -0.3 is 9.80 Å². The van der Waals surface area contributed by atoms with Crippen molar-refractivity contribution in [2.45, 2.75) is 58.9 Å². The summed E-state index contributed by atoms with van der Waals surface area (Å²) in [6, 6.07) is 4.19. The Hall–Kier alpha value is -2.11. The molecule has 4 rings (SSSR count). The molecular weight excluding hydrogens is 326 g/mol. The number of likely N-dealkylation sites (tertiary alicyclic amines) is 1. The number of aromatic nitrogens is 3. The maximum atomic E-state index is 11.8. The van der Waals surface area contributed by atoms with Crippen molar-refractivity contribution in [3.8, 4) is 0 Å². The maximum absolute atomic E-state index is 11.8. The summed E-state index contributed by atoms with van der Waals surface area (Å²) in [6.45, 7) is 11.5. The van der Waals surface area contributed by atoms with E-state index in [-0.39, 0.29) is 5.41 Å². The van der Waals surface area contributed by atoms with Crippen LogP contribution in [0.15, 0.2) is 12.1 Å². The van der Waals surface area contributed by atoms with Gasteiger partial charge >= 0.3 is 6.41 Å². The summed E-state index contributed by atoms with van der Waals surface area (Å²) in [4.78, 5) is 20.8. The lowest BCUT2D eigenvalue weighted by Gasteiger charge is -2.52. The number of hydrogen-bond acceptors (Lipinski definition) is 4. The van der Waals surface area contributed by atoms with Crippen molar-refractivity contribution in [2.75, 3.05) is 24.5 Å². The predicted octanol–water partition coefficient (Wildman–Crippen LogP) is 3.04. The molecule has 1 radical (unpaired) electrons. The second kappa shape index (κ2) is 5.96. The lowest BCUT2D eigenvalue weighted by atomic mass is 9.66. The molecule has 1 amide bonds. The van der Waals surface area contributed by atoms with E-state index in [9.17, 15) is 4.79 Å². The van der Waals surface area contributed by atoms with Gasteiger partial charge in [0.25, 0.3) is 0 Å². The number of hydrogen-bond donors (Lipinski definition) is 0. The Morgan fingerprint density at radius 3 is 2.50 bits per heavy atom. The molecule has 4 heterocycles. The molecule has 2 aliphatic rings. The standard InChI is InChI=1S/C20H28N5O/c1-15-12-17(23-9-7-10-23)21-18-13-16(22-25(15)18)20(19(2,3)4)8-5-6-11-24(20)14-26/h12-13H,5-11H2,1-4H3/t20-/m1/s1. The Kier molecular flexibility index (Phi) is 3.97. The highest BCUT2D eigenvalue weighted by Gasteiger charge is 2.51. The minimum absolute atomic E-state index is 0.142. The lowest BCUT2D eigenvalue weighted by Crippen LogP contribution is -2.56. The summed E-state index contributed by atoms with van der Waals surface area (Å²) in [5.74, 6) is 1.03. The fraction of sp³-hybridized carbons (Fsp3) is 0.650. The van der Waals surface area contributed by atoms with Crippen molar-refractivity contribution in [2.24, 2.45) is 5.41 Å². The van der Waals surface area contributed by atoms with Gasteiger partial charge in [0.15, 0.2) is 5.65 Å². The third kappa shape index (κ3) is 2.42. The Morgan fingerprint density at radius 2 is 1.88 bits per heavy atom. The fourth-order valence-electron chi connectivity index (χ4n) is 4.55. The Balaban J connectivity index is 1.87. The van der Waals surface area contributed by atoms with Crippen LogP contribution in [0.2, 0.25) is 0 Å². The highest BCUT2D eigenvalue weighted by atomic mass is 16.1. The normalized spacial score (nSPS) is 24.0. The molecule has 2 saturated heterocycles. The van der Waals surface area contributed by atoms with E-state index in [4.69, 9.17) is 10.1 Å². The van der Waals surface area contributed by atoms with Crippen LogP contribution in [0.5, 0.6) is 0 Å². The molecule has 2 aromatic heterocycles. The molecule has 0 unspecified atom stereocenters. The Bertz CT molecular complexity index is 833. The Morgan fingerprint density at radius 1 is 1.12 bits per heavy atom. The van der Waals surface area contributed by atoms with Crippen LogP contribution in [0.3, 0.4) is 0 Å². The number of carbonyl (C=O) groups excluding carboxylic acids is 1. The molecule has 6 nitrogen and oxygen atoms in total. The van der Waals surface area contributed by atoms with Gasteiger partial charge in [-0.3, -0.25) is 4.79 Å². The molecule has 0 N–H and O–H groups in total. The number of fused-ring (bicyclic) bond motifs is 1. The third-order valence-electron chi connectivity index (χ3n) is 6.18. The van der Waals surface area contributed by atoms with E-state index in [1.807, 2.05) is 9.42 Å². The van der Waals surface area contributed by atoms with Crippen LogP contribution in [-0.2, 0) is 10.3 Å². The molecule has 2 aromatic rings. The van der Waals surface area contributed by atoms with Crippen LogP contribution >= 0.6 is 0 Å². The fourth-order valence-corrected chi connectivity index (χ4v) is 4.55. The average Bonchev–Trinajstić information content (AvgIpc) is 2.97. The van der Waals surface area contributed by atoms with E-state index in [1.165, 1.54) is 6.42 Å². The molecule has 2 fully saturated rings. The first-order chi connectivity index (χ1) is 12.4. The van der Waals surface area contributed by atoms with Crippen molar-refractivity contribution in [3.05, 3.63) is 23.5 Å². The molecule has 0 spiro atoms. The second-order valence-electron chi connectivity index (χ2n) is 8.71. The van der Waals surface area contributed by atoms with Crippen LogP contribution < -0.4 is 4.90 Å². The molecule has 2 aliphatic heterocycles. The van der Waals surface area contributed by atoms with Gasteiger partial charge in [0, 0.05) is 37.5 Å². The van der Waals surface area contributed by atoms with E-state index in [2.05, 4.69) is 51.1 Å². The molecule has 1 atom stereocenters. The van der Waals surface area contributed by atoms with Gasteiger partial charge in [0.2, 0.25) is 0 Å². The summed E-state index contributed by atoms with van der Waals surface area (Å²) in [5.41, 5.74) is 2.29. The van der Waals surface area contributed by atoms with Gasteiger partial charge in [-0.05, 0) is 38.0 Å². The number of piperidine rings is 1. The van der Waals surface area contributed by atoms with Gasteiger partial charge in [0.1, 0.15) is 5.82 Å². The number of nitrogens with zero attached hydrogens (tertiary/aromatic N) is 5. The van der Waals surface area contributed by atoms with Crippen molar-refractivity contribution in [1.29, 1.82) is 0 Å². The second-order valence-corrected chi connectivity index (χ2v) is 8.71. The zero-order valence-electron chi connectivity index (χ0n) is 16.2. The predicted molar refractivity (Wildman–Crippen MR) is 102 cm³/mol. The lowest BCUT2D eigenvalue weighted by molar-refractivity contribution is 0.000687. The van der Waals surface area contributed by atoms with Crippen molar-refractivity contribution >= 4 is 17.9 Å². The van der Waals surface area contributed by atoms with Gasteiger partial charge in [-0.2, -0.15) is 5.10 Å². The van der Waals surface area contributed by atoms with Gasteiger partial charge in [0.05, 0.1) is 11.2 Å². The first-order valence-electron chi connectivity index (χ1n) is 9.65. The molecular formula is C20H28N5O. The van der Waals surface area contributed by atoms with E-state index >= 15 is 0 Å². The quantitative estimate of drug-likeness (QED) is 0.850. The summed E-state index contributed by atoms with van der Waals surface area (Å²) >= 11 is 0. The van der Waals surface area contributed by atoms with Crippen molar-refractivity contribution < 1.29 is 4.79 Å². The van der Waals surface area contributed by atoms with E-state index < -0.39 is 5.54 Å². The summed E-state index contributed by atoms with van der Waals surface area (Å²) in [6.07, 6.45) is 6.47. The minimum Gasteiger partial charge on any atom is -0.356 e. The summed E-state index contributed by atoms with van der Waals surface area (Å²) in [7, 11) is 0. The molecule has 26 heavy (non-hydrogen) atoms. The van der Waals surface area contributed by atoms with Gasteiger partial charge in [-0.1, -0.05) is 20.8 Å². The van der Waals surface area contributed by atoms with Crippen LogP contribution in [0.1, 0.15) is 57.8 Å². The third-order valence-corrected chi connectivity index (χ3v) is 6.18. The van der Waals surface area contributed by atoms with Crippen molar-refractivity contribution in [1.82, 2.24) is 19.5 Å². The molecule has 0 aromatic carbocycles. The van der Waals surface area contributed by atoms with Crippen LogP contribution in [0, 0.1) is 12.3 Å². The Labute approximate surface area is 155 Å². The zero-order valence-corrected chi connectivity index (χ0v) is 16.2. The first-order valence-corrected chi connectivity index (χ1v) is 9.65. The van der Waals surface area contributed by atoms with Gasteiger partial charge in [-0.25, -0.2) is 9.50 Å². The number of aryl methyl sites for hydroxylation is 1. The topological polar surface area (TPSA) is 53.7 Å². The monoisotopic (exact) mass is 354 g/mol. The number of rotatable bonds is 3. The highest BCUT2D eigenvalue weighted by Crippen LogP contribution is 2.49. The SMILES string of the molecule is Cc1cc(N2CCC2)nc2cc([C@@]3(C(C)(C)C)CCCCN3[C]=O)nn12. The smallest absolute Gasteiger partial charge is 0.312 e. The summed E-state index contributed by atoms with van der Waals surface area (Å²) in [5, 5.41) is 4.93. The van der Waals surface area contributed by atoms with E-state index in [0.717, 1.165) is 61.7 Å². The maximum Gasteiger partial charge on any atom is 0.312 e. The van der Waals surface area contributed by atoms with Crippen LogP contribution in [0.4, 0.5) is 5.82 Å². The van der Waals surface area contributed by atoms with E-state index in [0.29, 0.717) is 0 Å². The molecule has 0 bridgehead atoms. The summed E-state index contributed by atoms with van der Waals surface area (Å²) < 4.78 is 1.92. The molecule has 6 heteroatoms. The van der Waals surface area contributed by atoms with Crippen molar-refractivity contribution in [3.63, 3.8) is 0 Å². The van der Waals surface area contributed by atoms with Crippen LogP contribution in [-0.4, -0.2) is 45.5 Å². The largest absolute Gasteiger partial charge is 0.356 e. The van der Waals surface area contributed by atoms with Crippen LogP contribution in [0.25, 0.3) is 5.65 Å². The molecule has 139 valence electrons. The van der Waals surface area contributed by atoms with Gasteiger partial charge in [-0.15, -0.1) is 0 Å². The highest BCUT2D eigenvalue weighted by molar-refractivity contribution is 5.56. The number of anilines is 1. The van der Waals surface area contributed by atoms with E-state index in [1.54, 1.807) is 0 Å². The minimum atomic E-state index is -0.440. The first kappa shape index (κ1) is 17.3. The average molecular weight is 354 g/mol. The molecule has 0 saturated carbocycles.